The van der Waals surface area contributed by atoms with Gasteiger partial charge in [0.2, 0.25) is 0 Å². The van der Waals surface area contributed by atoms with Gasteiger partial charge in [-0.05, 0) is 69.1 Å². The van der Waals surface area contributed by atoms with Gasteiger partial charge in [-0.1, -0.05) is 86.7 Å². The summed E-state index contributed by atoms with van der Waals surface area (Å²) in [5.41, 5.74) is 10.3. The molecule has 4 N–H and O–H groups in total. The summed E-state index contributed by atoms with van der Waals surface area (Å²) in [6, 6.07) is 16.1. The predicted octanol–water partition coefficient (Wildman–Crippen LogP) is 7.53. The second-order valence-corrected chi connectivity index (χ2v) is 10.9. The molecular formula is C34H49N5O2. The number of allylic oxidation sites excluding steroid dienone is 2. The Labute approximate surface area is 246 Å². The van der Waals surface area contributed by atoms with Gasteiger partial charge in [-0.25, -0.2) is 9.79 Å². The molecule has 0 spiro atoms. The Morgan fingerprint density at radius 2 is 1.78 bits per heavy atom. The molecule has 0 unspecified atom stereocenters. The van der Waals surface area contributed by atoms with Crippen LogP contribution < -0.4 is 15.8 Å². The summed E-state index contributed by atoms with van der Waals surface area (Å²) in [4.78, 5) is 19.4. The Kier molecular flexibility index (Phi) is 14.5. The number of hydrogen-bond donors (Lipinski definition) is 3. The first-order chi connectivity index (χ1) is 20.0. The molecule has 2 aromatic rings. The minimum absolute atomic E-state index is 0.127. The maximum Gasteiger partial charge on any atom is 0.324 e. The van der Waals surface area contributed by atoms with Gasteiger partial charge in [0.05, 0.1) is 6.54 Å². The molecule has 41 heavy (non-hydrogen) atoms. The van der Waals surface area contributed by atoms with Gasteiger partial charge in [0.25, 0.3) is 0 Å². The minimum Gasteiger partial charge on any atom is -0.489 e. The second-order valence-electron chi connectivity index (χ2n) is 10.9. The van der Waals surface area contributed by atoms with Gasteiger partial charge in [-0.15, -0.1) is 0 Å². The van der Waals surface area contributed by atoms with Gasteiger partial charge in [0.1, 0.15) is 12.4 Å². The molecule has 0 radical (unpaired) electrons. The third-order valence-electron chi connectivity index (χ3n) is 7.45. The van der Waals surface area contributed by atoms with Crippen LogP contribution in [0.4, 0.5) is 4.79 Å². The van der Waals surface area contributed by atoms with Crippen LogP contribution in [0.3, 0.4) is 0 Å². The maximum absolute atomic E-state index is 13.1. The molecule has 0 fully saturated rings. The molecule has 1 aliphatic rings. The molecular weight excluding hydrogens is 510 g/mol. The number of aliphatic imine (C=N–C) groups is 1. The lowest BCUT2D eigenvalue weighted by molar-refractivity contribution is 0.200. The van der Waals surface area contributed by atoms with Crippen LogP contribution in [-0.4, -0.2) is 35.7 Å². The first-order valence-corrected chi connectivity index (χ1v) is 15.4. The number of unbranched alkanes of at least 4 members (excludes halogenated alkanes) is 6. The highest BCUT2D eigenvalue weighted by Crippen LogP contribution is 2.21. The van der Waals surface area contributed by atoms with E-state index in [-0.39, 0.29) is 12.0 Å². The van der Waals surface area contributed by atoms with Crippen molar-refractivity contribution in [3.63, 3.8) is 0 Å². The van der Waals surface area contributed by atoms with E-state index in [1.165, 1.54) is 31.2 Å². The Balaban J connectivity index is 1.47. The van der Waals surface area contributed by atoms with Gasteiger partial charge < -0.3 is 20.8 Å². The second kappa shape index (κ2) is 18.7. The summed E-state index contributed by atoms with van der Waals surface area (Å²) >= 11 is 0. The topological polar surface area (TPSA) is 104 Å². The molecule has 3 rings (SSSR count). The average molecular weight is 560 g/mol. The van der Waals surface area contributed by atoms with E-state index >= 15 is 0 Å². The first-order valence-electron chi connectivity index (χ1n) is 15.4. The van der Waals surface area contributed by atoms with Crippen molar-refractivity contribution in [2.24, 2.45) is 10.7 Å². The van der Waals surface area contributed by atoms with Crippen molar-refractivity contribution >= 4 is 17.7 Å². The number of aryl methyl sites for hydroxylation is 1. The summed E-state index contributed by atoms with van der Waals surface area (Å²) in [5, 5.41) is 10.8. The zero-order valence-corrected chi connectivity index (χ0v) is 24.9. The lowest BCUT2D eigenvalue weighted by atomic mass is 10.0. The highest BCUT2D eigenvalue weighted by Gasteiger charge is 2.15. The number of guanidine groups is 1. The van der Waals surface area contributed by atoms with Crippen LogP contribution in [0.2, 0.25) is 0 Å². The van der Waals surface area contributed by atoms with Crippen molar-refractivity contribution in [2.75, 3.05) is 13.1 Å². The Morgan fingerprint density at radius 3 is 2.61 bits per heavy atom. The Morgan fingerprint density at radius 1 is 1.02 bits per heavy atom. The minimum atomic E-state index is -0.187. The summed E-state index contributed by atoms with van der Waals surface area (Å²) in [7, 11) is 0. The molecule has 1 aliphatic heterocycles. The lowest BCUT2D eigenvalue weighted by Gasteiger charge is -2.23. The number of fused-ring (bicyclic) bond motifs is 3. The molecule has 2 amide bonds. The fraction of sp³-hybridized carbons (Fsp3) is 0.500. The molecule has 2 bridgehead atoms. The van der Waals surface area contributed by atoms with Crippen LogP contribution in [0.1, 0.15) is 94.2 Å². The van der Waals surface area contributed by atoms with Gasteiger partial charge in [0, 0.05) is 24.4 Å². The van der Waals surface area contributed by atoms with Gasteiger partial charge in [0.15, 0.2) is 5.96 Å². The van der Waals surface area contributed by atoms with Crippen LogP contribution >= 0.6 is 0 Å². The van der Waals surface area contributed by atoms with Crippen molar-refractivity contribution < 1.29 is 9.53 Å². The number of amides is 2. The first kappa shape index (κ1) is 31.9. The third-order valence-corrected chi connectivity index (χ3v) is 7.45. The SMILES string of the molecule is C/C=C/CCC(=N)CCCCCCCCCN1CCCc2cccc(c2)COc2ccccc2CN=C(N)NC1=O. The molecule has 1 heterocycles. The third kappa shape index (κ3) is 12.6. The summed E-state index contributed by atoms with van der Waals surface area (Å²) in [6.07, 6.45) is 16.7. The number of nitrogens with zero attached hydrogens (tertiary/aromatic N) is 2. The largest absolute Gasteiger partial charge is 0.489 e. The van der Waals surface area contributed by atoms with E-state index in [0.29, 0.717) is 26.2 Å². The number of ether oxygens (including phenoxy) is 1. The summed E-state index contributed by atoms with van der Waals surface area (Å²) < 4.78 is 6.10. The number of carbonyl (C=O) groups is 1. The number of hydrogen-bond acceptors (Lipinski definition) is 5. The van der Waals surface area contributed by atoms with Crippen molar-refractivity contribution in [1.82, 2.24) is 10.2 Å². The van der Waals surface area contributed by atoms with Crippen molar-refractivity contribution in [2.45, 2.75) is 97.1 Å². The molecule has 7 heteroatoms. The normalized spacial score (nSPS) is 14.7. The molecule has 222 valence electrons. The fourth-order valence-corrected chi connectivity index (χ4v) is 5.07. The quantitative estimate of drug-likeness (QED) is 0.134. The van der Waals surface area contributed by atoms with Crippen LogP contribution in [0.25, 0.3) is 0 Å². The van der Waals surface area contributed by atoms with Gasteiger partial charge in [-0.3, -0.25) is 5.32 Å². The van der Waals surface area contributed by atoms with Gasteiger partial charge in [-0.2, -0.15) is 0 Å². The van der Waals surface area contributed by atoms with E-state index in [2.05, 4.69) is 46.7 Å². The lowest BCUT2D eigenvalue weighted by Crippen LogP contribution is -2.46. The molecule has 0 aliphatic carbocycles. The van der Waals surface area contributed by atoms with E-state index in [4.69, 9.17) is 15.9 Å². The fourth-order valence-electron chi connectivity index (χ4n) is 5.07. The molecule has 0 aromatic heterocycles. The maximum atomic E-state index is 13.1. The highest BCUT2D eigenvalue weighted by molar-refractivity contribution is 5.95. The summed E-state index contributed by atoms with van der Waals surface area (Å²) in [5.74, 6) is 0.899. The van der Waals surface area contributed by atoms with E-state index in [0.717, 1.165) is 74.0 Å². The van der Waals surface area contributed by atoms with E-state index in [1.54, 1.807) is 0 Å². The zero-order valence-electron chi connectivity index (χ0n) is 24.9. The van der Waals surface area contributed by atoms with E-state index in [1.807, 2.05) is 36.1 Å². The van der Waals surface area contributed by atoms with E-state index in [9.17, 15) is 4.79 Å². The number of rotatable bonds is 13. The van der Waals surface area contributed by atoms with Crippen LogP contribution in [-0.2, 0) is 19.6 Å². The molecule has 7 nitrogen and oxygen atoms in total. The van der Waals surface area contributed by atoms with Crippen LogP contribution in [0.5, 0.6) is 5.75 Å². The number of carbonyl (C=O) groups excluding carboxylic acids is 1. The molecule has 0 saturated heterocycles. The zero-order chi connectivity index (χ0) is 29.1. The van der Waals surface area contributed by atoms with E-state index < -0.39 is 0 Å². The van der Waals surface area contributed by atoms with Crippen LogP contribution in [0, 0.1) is 5.41 Å². The molecule has 2 aromatic carbocycles. The summed E-state index contributed by atoms with van der Waals surface area (Å²) in [6.45, 7) is 4.23. The number of urea groups is 1. The molecule has 0 saturated carbocycles. The predicted molar refractivity (Wildman–Crippen MR) is 170 cm³/mol. The van der Waals surface area contributed by atoms with Crippen LogP contribution in [0.15, 0.2) is 65.7 Å². The standard InChI is InChI=1S/C34H49N5O2/c1-2-3-9-20-31(35)21-10-7-5-4-6-8-13-23-39-24-15-18-28-16-14-17-29(25-28)27-41-32-22-12-11-19-30(32)26-37-33(36)38-34(39)40/h2-3,11-12,14,16-17,19,22,25,35H,4-10,13,15,18,20-21,23-24,26-27H2,1H3,(H3,36,37,38,40)/b3-2+,35-31?. The van der Waals surface area contributed by atoms with Crippen molar-refractivity contribution in [1.29, 1.82) is 5.41 Å². The highest BCUT2D eigenvalue weighted by atomic mass is 16.5. The number of para-hydroxylation sites is 1. The number of nitrogens with one attached hydrogen (secondary N) is 2. The Hall–Kier alpha value is -3.61. The van der Waals surface area contributed by atoms with Gasteiger partial charge >= 0.3 is 6.03 Å². The number of benzene rings is 2. The molecule has 0 atom stereocenters. The Bertz CT molecular complexity index is 1140. The van der Waals surface area contributed by atoms with Crippen molar-refractivity contribution in [3.05, 3.63) is 77.4 Å². The smallest absolute Gasteiger partial charge is 0.324 e. The van der Waals surface area contributed by atoms with Crippen molar-refractivity contribution in [3.8, 4) is 5.75 Å². The average Bonchev–Trinajstić information content (AvgIpc) is 2.97. The number of nitrogens with two attached hydrogens (primary N) is 1. The monoisotopic (exact) mass is 559 g/mol.